The molecule has 5 rings (SSSR count). The maximum atomic E-state index is 14.7. The third kappa shape index (κ3) is 3.50. The van der Waals surface area contributed by atoms with Gasteiger partial charge in [-0.05, 0) is 54.1 Å². The normalized spacial score (nSPS) is 16.2. The van der Waals surface area contributed by atoms with E-state index in [0.717, 1.165) is 27.6 Å². The average Bonchev–Trinajstić information content (AvgIpc) is 3.34. The number of rotatable bonds is 4. The van der Waals surface area contributed by atoms with Crippen LogP contribution in [0.1, 0.15) is 22.2 Å². The molecule has 9 heteroatoms. The predicted octanol–water partition coefficient (Wildman–Crippen LogP) is 5.65. The molecule has 6 nitrogen and oxygen atoms in total. The van der Waals surface area contributed by atoms with Gasteiger partial charge in [0.1, 0.15) is 17.2 Å². The van der Waals surface area contributed by atoms with Crippen molar-refractivity contribution in [1.29, 1.82) is 0 Å². The number of halogens is 3. The lowest BCUT2D eigenvalue weighted by Crippen LogP contribution is -2.32. The number of nitrogens with zero attached hydrogens (tertiary/aromatic N) is 2. The van der Waals surface area contributed by atoms with Crippen molar-refractivity contribution in [3.8, 4) is 0 Å². The Bertz CT molecular complexity index is 1470. The lowest BCUT2D eigenvalue weighted by atomic mass is 9.95. The molecular formula is C24H13BrF2N2O4. The Kier molecular flexibility index (Phi) is 5.05. The lowest BCUT2D eigenvalue weighted by Gasteiger charge is -2.27. The number of anilines is 1. The number of furan rings is 1. The zero-order valence-corrected chi connectivity index (χ0v) is 18.2. The molecule has 0 saturated heterocycles. The number of hydrogen-bond acceptors (Lipinski definition) is 5. The van der Waals surface area contributed by atoms with Crippen LogP contribution in [-0.4, -0.2) is 21.8 Å². The monoisotopic (exact) mass is 510 g/mol. The highest BCUT2D eigenvalue weighted by Crippen LogP contribution is 2.43. The van der Waals surface area contributed by atoms with E-state index in [1.54, 1.807) is 18.2 Å². The van der Waals surface area contributed by atoms with Crippen LogP contribution in [0.5, 0.6) is 0 Å². The summed E-state index contributed by atoms with van der Waals surface area (Å²) in [6.45, 7) is 0. The van der Waals surface area contributed by atoms with E-state index in [9.17, 15) is 23.5 Å². The maximum Gasteiger partial charge on any atom is 0.294 e. The van der Waals surface area contributed by atoms with E-state index in [4.69, 9.17) is 4.42 Å². The number of amides is 1. The van der Waals surface area contributed by atoms with Crippen LogP contribution in [0.15, 0.2) is 87.2 Å². The first-order valence-corrected chi connectivity index (χ1v) is 10.5. The van der Waals surface area contributed by atoms with Crippen LogP contribution in [0.2, 0.25) is 0 Å². The van der Waals surface area contributed by atoms with Crippen LogP contribution >= 0.6 is 15.9 Å². The minimum absolute atomic E-state index is 0.113. The van der Waals surface area contributed by atoms with Gasteiger partial charge in [0.25, 0.3) is 5.91 Å². The van der Waals surface area contributed by atoms with Crippen molar-refractivity contribution in [1.82, 2.24) is 4.98 Å². The zero-order chi connectivity index (χ0) is 23.3. The van der Waals surface area contributed by atoms with E-state index in [2.05, 4.69) is 20.9 Å². The minimum Gasteiger partial charge on any atom is -0.503 e. The van der Waals surface area contributed by atoms with Crippen LogP contribution in [0.3, 0.4) is 0 Å². The molecule has 0 aliphatic carbocycles. The molecule has 1 amide bonds. The molecule has 0 spiro atoms. The van der Waals surface area contributed by atoms with Gasteiger partial charge in [0.2, 0.25) is 5.78 Å². The highest BCUT2D eigenvalue weighted by atomic mass is 79.9. The summed E-state index contributed by atoms with van der Waals surface area (Å²) in [5.74, 6) is -4.45. The fourth-order valence-electron chi connectivity index (χ4n) is 3.88. The predicted molar refractivity (Wildman–Crippen MR) is 119 cm³/mol. The SMILES string of the molecule is O=C(C1=C(O)C(=O)N(c2cc(F)ccc2F)C1c1ccncc1)c1cc2cc(Br)ccc2o1. The molecule has 1 unspecified atom stereocenters. The van der Waals surface area contributed by atoms with E-state index in [1.165, 1.54) is 30.6 Å². The second-order valence-corrected chi connectivity index (χ2v) is 8.25. The summed E-state index contributed by atoms with van der Waals surface area (Å²) < 4.78 is 35.0. The van der Waals surface area contributed by atoms with Crippen LogP contribution in [-0.2, 0) is 4.79 Å². The largest absolute Gasteiger partial charge is 0.503 e. The third-order valence-corrected chi connectivity index (χ3v) is 5.84. The van der Waals surface area contributed by atoms with Gasteiger partial charge in [-0.15, -0.1) is 0 Å². The molecular weight excluding hydrogens is 498 g/mol. The number of aliphatic hydroxyl groups excluding tert-OH is 1. The average molecular weight is 511 g/mol. The van der Waals surface area contributed by atoms with Crippen LogP contribution < -0.4 is 4.90 Å². The Labute approximate surface area is 193 Å². The molecule has 0 radical (unpaired) electrons. The van der Waals surface area contributed by atoms with Gasteiger partial charge >= 0.3 is 0 Å². The number of carbonyl (C=O) groups is 2. The number of benzene rings is 2. The number of fused-ring (bicyclic) bond motifs is 1. The Hall–Kier alpha value is -3.85. The summed E-state index contributed by atoms with van der Waals surface area (Å²) in [5, 5.41) is 11.3. The van der Waals surface area contributed by atoms with E-state index >= 15 is 0 Å². The second kappa shape index (κ2) is 7.93. The second-order valence-electron chi connectivity index (χ2n) is 7.34. The van der Waals surface area contributed by atoms with Crippen molar-refractivity contribution in [3.63, 3.8) is 0 Å². The first-order valence-electron chi connectivity index (χ1n) is 9.70. The van der Waals surface area contributed by atoms with Gasteiger partial charge in [0.05, 0.1) is 17.3 Å². The standard InChI is InChI=1S/C24H13BrF2N2O4/c25-14-1-4-18-13(9-14)10-19(33-18)22(30)20-21(12-5-7-28-8-6-12)29(24(32)23(20)31)17-11-15(26)2-3-16(17)27/h1-11,21,31H. The molecule has 2 aromatic carbocycles. The molecule has 1 aliphatic heterocycles. The highest BCUT2D eigenvalue weighted by molar-refractivity contribution is 9.10. The van der Waals surface area contributed by atoms with Crippen molar-refractivity contribution in [3.05, 3.63) is 106 Å². The molecule has 1 atom stereocenters. The summed E-state index contributed by atoms with van der Waals surface area (Å²) in [7, 11) is 0. The van der Waals surface area contributed by atoms with Gasteiger partial charge in [-0.25, -0.2) is 8.78 Å². The number of ketones is 1. The number of hydrogen-bond donors (Lipinski definition) is 1. The smallest absolute Gasteiger partial charge is 0.294 e. The Balaban J connectivity index is 1.68. The van der Waals surface area contributed by atoms with E-state index in [1.807, 2.05) is 0 Å². The number of aliphatic hydroxyl groups is 1. The molecule has 1 aliphatic rings. The summed E-state index contributed by atoms with van der Waals surface area (Å²) in [5.41, 5.74) is 0.0744. The van der Waals surface area contributed by atoms with Crippen molar-refractivity contribution < 1.29 is 27.9 Å². The molecule has 2 aromatic heterocycles. The maximum absolute atomic E-state index is 14.7. The number of pyridine rings is 1. The summed E-state index contributed by atoms with van der Waals surface area (Å²) in [6.07, 6.45) is 2.85. The summed E-state index contributed by atoms with van der Waals surface area (Å²) in [4.78, 5) is 31.3. The van der Waals surface area contributed by atoms with Gasteiger partial charge in [-0.2, -0.15) is 0 Å². The van der Waals surface area contributed by atoms with Gasteiger partial charge in [-0.3, -0.25) is 19.5 Å². The Morgan fingerprint density at radius 2 is 1.82 bits per heavy atom. The molecule has 164 valence electrons. The van der Waals surface area contributed by atoms with Crippen molar-refractivity contribution in [2.75, 3.05) is 4.90 Å². The number of Topliss-reactive ketones (excluding diaryl/α,β-unsaturated/α-hetero) is 1. The molecule has 3 heterocycles. The van der Waals surface area contributed by atoms with Gasteiger partial charge in [0, 0.05) is 28.3 Å². The van der Waals surface area contributed by atoms with E-state index < -0.39 is 40.8 Å². The Morgan fingerprint density at radius 3 is 2.58 bits per heavy atom. The number of aromatic nitrogens is 1. The van der Waals surface area contributed by atoms with Crippen molar-refractivity contribution >= 4 is 44.3 Å². The fraction of sp³-hybridized carbons (Fsp3) is 0.0417. The molecule has 0 saturated carbocycles. The first-order chi connectivity index (χ1) is 15.8. The van der Waals surface area contributed by atoms with Crippen LogP contribution in [0.25, 0.3) is 11.0 Å². The quantitative estimate of drug-likeness (QED) is 0.358. The van der Waals surface area contributed by atoms with Crippen molar-refractivity contribution in [2.24, 2.45) is 0 Å². The van der Waals surface area contributed by atoms with E-state index in [0.29, 0.717) is 16.5 Å². The first kappa shape index (κ1) is 21.0. The molecule has 0 bridgehead atoms. The van der Waals surface area contributed by atoms with Gasteiger partial charge in [0.15, 0.2) is 11.5 Å². The molecule has 0 fully saturated rings. The topological polar surface area (TPSA) is 83.6 Å². The van der Waals surface area contributed by atoms with Crippen LogP contribution in [0, 0.1) is 11.6 Å². The lowest BCUT2D eigenvalue weighted by molar-refractivity contribution is -0.117. The Morgan fingerprint density at radius 1 is 1.06 bits per heavy atom. The zero-order valence-electron chi connectivity index (χ0n) is 16.6. The third-order valence-electron chi connectivity index (χ3n) is 5.34. The fourth-order valence-corrected chi connectivity index (χ4v) is 4.25. The minimum atomic E-state index is -1.23. The van der Waals surface area contributed by atoms with Crippen molar-refractivity contribution in [2.45, 2.75) is 6.04 Å². The highest BCUT2D eigenvalue weighted by Gasteiger charge is 2.46. The van der Waals surface area contributed by atoms with E-state index in [-0.39, 0.29) is 11.3 Å². The number of carbonyl (C=O) groups excluding carboxylic acids is 2. The van der Waals surface area contributed by atoms with Gasteiger partial charge in [-0.1, -0.05) is 15.9 Å². The molecule has 1 N–H and O–H groups in total. The summed E-state index contributed by atoms with van der Waals surface area (Å²) >= 11 is 3.35. The van der Waals surface area contributed by atoms with Gasteiger partial charge < -0.3 is 9.52 Å². The summed E-state index contributed by atoms with van der Waals surface area (Å²) in [6, 6.07) is 11.1. The molecule has 33 heavy (non-hydrogen) atoms. The van der Waals surface area contributed by atoms with Crippen LogP contribution in [0.4, 0.5) is 14.5 Å². The molecule has 4 aromatic rings.